The Hall–Kier alpha value is -6.12. The summed E-state index contributed by atoms with van der Waals surface area (Å²) in [7, 11) is -5.61. The third kappa shape index (κ3) is 15.0. The van der Waals surface area contributed by atoms with Gasteiger partial charge in [0.15, 0.2) is 0 Å². The Kier molecular flexibility index (Phi) is 18.1. The fourth-order valence-corrected chi connectivity index (χ4v) is 11.4. The van der Waals surface area contributed by atoms with Crippen LogP contribution in [0.4, 0.5) is 37.2 Å². The lowest BCUT2D eigenvalue weighted by Crippen LogP contribution is -2.58. The summed E-state index contributed by atoms with van der Waals surface area (Å²) in [6.07, 6.45) is -0.116. The maximum atomic E-state index is 15.0. The van der Waals surface area contributed by atoms with Crippen molar-refractivity contribution in [1.82, 2.24) is 13.5 Å². The fourth-order valence-electron chi connectivity index (χ4n) is 6.59. The van der Waals surface area contributed by atoms with E-state index in [1.54, 1.807) is 47.6 Å². The monoisotopic (exact) mass is 1140 g/mol. The molecule has 16 nitrogen and oxygen atoms in total. The van der Waals surface area contributed by atoms with E-state index in [2.05, 4.69) is 35.6 Å². The van der Waals surface area contributed by atoms with Crippen LogP contribution in [0, 0.1) is 24.8 Å². The minimum Gasteiger partial charge on any atom is -0.443 e. The van der Waals surface area contributed by atoms with Crippen LogP contribution in [0.5, 0.6) is 0 Å². The highest BCUT2D eigenvalue weighted by molar-refractivity contribution is 9.11. The minimum atomic E-state index is -4.23. The Morgan fingerprint density at radius 3 is 1.61 bits per heavy atom. The van der Waals surface area contributed by atoms with E-state index in [0.29, 0.717) is 19.8 Å². The third-order valence-electron chi connectivity index (χ3n) is 9.83. The first-order chi connectivity index (χ1) is 33.0. The average Bonchev–Trinajstić information content (AvgIpc) is 3.91. The molecule has 0 spiro atoms. The van der Waals surface area contributed by atoms with Gasteiger partial charge < -0.3 is 15.2 Å². The Morgan fingerprint density at radius 1 is 0.764 bits per heavy atom. The number of hydrogen-bond donors (Lipinski definition) is 1. The van der Waals surface area contributed by atoms with Crippen molar-refractivity contribution in [3.05, 3.63) is 132 Å². The lowest BCUT2D eigenvalue weighted by Gasteiger charge is -2.39. The molecule has 0 saturated carbocycles. The first-order valence-corrected chi connectivity index (χ1v) is 26.7. The van der Waals surface area contributed by atoms with Gasteiger partial charge in [-0.25, -0.2) is 72.3 Å². The summed E-state index contributed by atoms with van der Waals surface area (Å²) in [5, 5.41) is 1.09. The molecule has 4 heterocycles. The zero-order valence-corrected chi connectivity index (χ0v) is 45.7. The SMILES string of the molecule is C/C(F)=C/c1ccc(F)c([C@]2(C)CS(=O)(=O)N(C)C(N(C(=O)OC(C)(C)C)C(=O)OC(C)(C)C)=N2)c1.[C-]#[N+]c1ccc(/C(F)=C/c2ccc(F)c([C@]3(C)CS(=O)(=O)N(C)C(N)=N3)c2)s1.[C-]#[N+]c1ccc(Br)s1. The molecule has 0 saturated heterocycles. The highest BCUT2D eigenvalue weighted by atomic mass is 79.9. The van der Waals surface area contributed by atoms with E-state index in [1.165, 1.54) is 81.6 Å². The molecular formula is C47H51BrF4N8O8S4. The number of carbonyl (C=O) groups excluding carboxylic acids is 2. The summed E-state index contributed by atoms with van der Waals surface area (Å²) in [6.45, 7) is 26.9. The maximum Gasteiger partial charge on any atom is 0.427 e. The number of rotatable bonds is 5. The van der Waals surface area contributed by atoms with Crippen LogP contribution in [0.2, 0.25) is 0 Å². The minimum absolute atomic E-state index is 0.00158. The number of aliphatic imine (C=N–C) groups is 2. The first kappa shape index (κ1) is 58.5. The van der Waals surface area contributed by atoms with Crippen LogP contribution in [-0.2, 0) is 40.6 Å². The van der Waals surface area contributed by atoms with Crippen molar-refractivity contribution in [2.75, 3.05) is 25.6 Å². The van der Waals surface area contributed by atoms with Gasteiger partial charge >= 0.3 is 12.2 Å². The lowest BCUT2D eigenvalue weighted by molar-refractivity contribution is 0.0132. The molecule has 2 atom stereocenters. The third-order valence-corrected chi connectivity index (χ3v) is 16.2. The van der Waals surface area contributed by atoms with Crippen LogP contribution >= 0.6 is 38.6 Å². The molecule has 0 fully saturated rings. The molecule has 0 radical (unpaired) electrons. The van der Waals surface area contributed by atoms with Gasteiger partial charge in [-0.2, -0.15) is 11.3 Å². The Labute approximate surface area is 433 Å². The maximum absolute atomic E-state index is 15.0. The number of imide groups is 1. The smallest absolute Gasteiger partial charge is 0.427 e. The second-order valence-corrected chi connectivity index (χ2v) is 25.8. The van der Waals surface area contributed by atoms with Gasteiger partial charge in [-0.15, -0.1) is 16.2 Å². The van der Waals surface area contributed by atoms with Crippen LogP contribution in [0.3, 0.4) is 0 Å². The molecule has 386 valence electrons. The van der Waals surface area contributed by atoms with Crippen molar-refractivity contribution < 1.29 is 53.5 Å². The van der Waals surface area contributed by atoms with E-state index in [1.807, 2.05) is 6.07 Å². The number of ether oxygens (including phenoxy) is 2. The van der Waals surface area contributed by atoms with Gasteiger partial charge in [-0.05, 0) is 144 Å². The molecule has 2 aromatic carbocycles. The molecule has 2 N–H and O–H groups in total. The number of thiophene rings is 2. The average molecular weight is 1140 g/mol. The van der Waals surface area contributed by atoms with Gasteiger partial charge in [0.25, 0.3) is 0 Å². The van der Waals surface area contributed by atoms with Crippen LogP contribution in [0.25, 0.3) is 27.7 Å². The van der Waals surface area contributed by atoms with Crippen molar-refractivity contribution in [2.45, 2.75) is 84.6 Å². The Bertz CT molecular complexity index is 3160. The van der Waals surface area contributed by atoms with Crippen molar-refractivity contribution in [2.24, 2.45) is 15.7 Å². The molecule has 2 aliphatic heterocycles. The second-order valence-electron chi connectivity index (χ2n) is 18.3. The van der Waals surface area contributed by atoms with Crippen molar-refractivity contribution in [3.8, 4) is 0 Å². The largest absolute Gasteiger partial charge is 0.443 e. The van der Waals surface area contributed by atoms with Gasteiger partial charge in [0.2, 0.25) is 42.0 Å². The summed E-state index contributed by atoms with van der Waals surface area (Å²) < 4.78 is 122. The van der Waals surface area contributed by atoms with E-state index in [-0.39, 0.29) is 27.5 Å². The van der Waals surface area contributed by atoms with E-state index in [9.17, 15) is 44.0 Å². The molecule has 25 heteroatoms. The van der Waals surface area contributed by atoms with Gasteiger partial charge in [-0.1, -0.05) is 18.2 Å². The van der Waals surface area contributed by atoms with Crippen LogP contribution in [-0.4, -0.2) is 91.3 Å². The quantitative estimate of drug-likeness (QED) is 0.150. The fraction of sp³-hybridized carbons (Fsp3) is 0.362. The van der Waals surface area contributed by atoms with E-state index in [0.717, 1.165) is 49.7 Å². The molecule has 0 aliphatic carbocycles. The predicted octanol–water partition coefficient (Wildman–Crippen LogP) is 11.9. The second kappa shape index (κ2) is 22.3. The lowest BCUT2D eigenvalue weighted by atomic mass is 9.92. The van der Waals surface area contributed by atoms with Gasteiger partial charge in [0.05, 0.1) is 34.3 Å². The Morgan fingerprint density at radius 2 is 1.21 bits per heavy atom. The van der Waals surface area contributed by atoms with Crippen LogP contribution in [0.1, 0.15) is 89.4 Å². The molecule has 2 amide bonds. The number of sulfonamides is 2. The molecule has 0 bridgehead atoms. The zero-order valence-electron chi connectivity index (χ0n) is 40.8. The van der Waals surface area contributed by atoms with Gasteiger partial charge in [-0.3, -0.25) is 0 Å². The number of nitrogens with two attached hydrogens (primary N) is 1. The number of halogens is 5. The molecule has 2 aromatic heterocycles. The number of amides is 2. The summed E-state index contributed by atoms with van der Waals surface area (Å²) in [6, 6.07) is 14.2. The summed E-state index contributed by atoms with van der Waals surface area (Å²) >= 11 is 5.70. The Balaban J connectivity index is 0.000000275. The van der Waals surface area contributed by atoms with E-state index >= 15 is 0 Å². The van der Waals surface area contributed by atoms with Gasteiger partial charge in [0, 0.05) is 30.1 Å². The topological polar surface area (TPSA) is 190 Å². The first-order valence-electron chi connectivity index (χ1n) is 21.1. The molecule has 6 rings (SSSR count). The molecule has 72 heavy (non-hydrogen) atoms. The van der Waals surface area contributed by atoms with Gasteiger partial charge in [0.1, 0.15) is 39.7 Å². The zero-order chi connectivity index (χ0) is 54.5. The molecule has 2 aliphatic rings. The van der Waals surface area contributed by atoms with E-state index < -0.39 is 95.3 Å². The number of guanidine groups is 2. The highest BCUT2D eigenvalue weighted by Crippen LogP contribution is 2.38. The molecule has 0 unspecified atom stereocenters. The van der Waals surface area contributed by atoms with Crippen LogP contribution < -0.4 is 5.73 Å². The molecule has 4 aromatic rings. The van der Waals surface area contributed by atoms with Crippen molar-refractivity contribution >= 4 is 111 Å². The van der Waals surface area contributed by atoms with Crippen molar-refractivity contribution in [1.29, 1.82) is 0 Å². The predicted molar refractivity (Wildman–Crippen MR) is 277 cm³/mol. The summed E-state index contributed by atoms with van der Waals surface area (Å²) in [4.78, 5) is 41.9. The number of benzene rings is 2. The number of carbonyl (C=O) groups is 2. The summed E-state index contributed by atoms with van der Waals surface area (Å²) in [5.74, 6) is -4.61. The summed E-state index contributed by atoms with van der Waals surface area (Å²) in [5.41, 5.74) is 0.810. The molecular weight excluding hydrogens is 1090 g/mol. The normalized spacial score (nSPS) is 19.7. The van der Waals surface area contributed by atoms with Crippen molar-refractivity contribution in [3.63, 3.8) is 0 Å². The van der Waals surface area contributed by atoms with E-state index in [4.69, 9.17) is 28.4 Å². The number of nitrogens with zero attached hydrogens (tertiary/aromatic N) is 7. The number of allylic oxidation sites excluding steroid dienone is 1. The van der Waals surface area contributed by atoms with Crippen LogP contribution in [0.15, 0.2) is 80.3 Å². The number of hydrogen-bond acceptors (Lipinski definition) is 13. The highest BCUT2D eigenvalue weighted by Gasteiger charge is 2.48. The standard InChI is InChI=1S/C24H33F2N3O6S.C18H16F2N4O2S2.C5H2BrNS/c1-15(25)12-16-10-11-18(26)17(13-16)24(8)14-36(32,33)28(9)19(27-24)29(20(30)34-22(2,3)4)21(31)35-23(5,6)7;1-18(10-28(25,26)24(3)17(21)23-18)12-8-11(4-5-13(12)19)9-14(20)15-6-7-16(22-2)27-15;1-7-5-3-2-4(6)8-5/h10-13H,14H2,1-9H3;4-9H,10H2,1,3H3,(H2,21,23);2-3H/b15-12-;14-9-;/t24-;18-;/m00./s1.